The van der Waals surface area contributed by atoms with Crippen LogP contribution in [0.4, 0.5) is 13.2 Å². The number of hydrogen-bond acceptors (Lipinski definition) is 4. The van der Waals surface area contributed by atoms with Gasteiger partial charge in [0.15, 0.2) is 0 Å². The Morgan fingerprint density at radius 3 is 1.19 bits per heavy atom. The summed E-state index contributed by atoms with van der Waals surface area (Å²) in [5.74, 6) is -3.01. The molecule has 1 aromatic carbocycles. The van der Waals surface area contributed by atoms with E-state index in [0.717, 1.165) is 8.97 Å². The van der Waals surface area contributed by atoms with E-state index in [-0.39, 0.29) is 5.12 Å². The number of quaternary nitrogens is 2. The number of benzene rings is 1. The molecule has 0 amide bonds. The van der Waals surface area contributed by atoms with E-state index in [1.807, 2.05) is 6.07 Å². The van der Waals surface area contributed by atoms with E-state index in [1.165, 1.54) is 0 Å². The average molecular weight is 398 g/mol. The molecule has 0 unspecified atom stereocenters. The number of nitrogens with zero attached hydrogens (tertiary/aromatic N) is 2. The third-order valence-corrected chi connectivity index (χ3v) is 1.48. The highest BCUT2D eigenvalue weighted by Crippen LogP contribution is 2.11. The summed E-state index contributed by atoms with van der Waals surface area (Å²) in [6.45, 7) is 0. The Hall–Kier alpha value is -1.71. The summed E-state index contributed by atoms with van der Waals surface area (Å²) >= 11 is 4.41. The van der Waals surface area contributed by atoms with Crippen molar-refractivity contribution in [1.29, 1.82) is 0 Å². The maximum atomic E-state index is 10.5. The summed E-state index contributed by atoms with van der Waals surface area (Å²) in [5, 5.41) is 8.49. The molecule has 152 valence electrons. The van der Waals surface area contributed by atoms with E-state index >= 15 is 0 Å². The topological polar surface area (TPSA) is 57.2 Å². The fourth-order valence-corrected chi connectivity index (χ4v) is 0.710. The lowest BCUT2D eigenvalue weighted by atomic mass is 10.2. The van der Waals surface area contributed by atoms with E-state index in [0.29, 0.717) is 5.56 Å². The van der Waals surface area contributed by atoms with Gasteiger partial charge in [-0.1, -0.05) is 30.3 Å². The van der Waals surface area contributed by atoms with E-state index in [9.17, 15) is 18.0 Å². The molecule has 0 N–H and O–H groups in total. The first-order valence-corrected chi connectivity index (χ1v) is 7.78. The second-order valence-corrected chi connectivity index (χ2v) is 8.18. The van der Waals surface area contributed by atoms with E-state index in [2.05, 4.69) is 69.0 Å². The molecule has 0 aromatic heterocycles. The fourth-order valence-electron chi connectivity index (χ4n) is 0.574. The van der Waals surface area contributed by atoms with Gasteiger partial charge in [-0.2, -0.15) is 13.2 Å². The van der Waals surface area contributed by atoms with Crippen molar-refractivity contribution in [2.24, 2.45) is 0 Å². The van der Waals surface area contributed by atoms with Crippen LogP contribution in [0.5, 0.6) is 0 Å². The Bertz CT molecular complexity index is 499. The minimum atomic E-state index is -5.19. The quantitative estimate of drug-likeness (QED) is 0.529. The molecule has 1 aromatic rings. The fraction of sp³-hybridized carbons (Fsp3) is 0.529. The van der Waals surface area contributed by atoms with Crippen LogP contribution < -0.4 is 5.11 Å². The SMILES string of the molecule is C[N+](C)(C)C.C[N+](C)(C)C.O=C([O-])C(F)(F)F.O=C([S-])c1ccccc1. The lowest BCUT2D eigenvalue weighted by Crippen LogP contribution is -2.37. The highest BCUT2D eigenvalue weighted by Gasteiger charge is 2.28. The van der Waals surface area contributed by atoms with Crippen LogP contribution in [0.25, 0.3) is 0 Å². The Kier molecular flexibility index (Phi) is 14.1. The number of carbonyl (C=O) groups excluding carboxylic acids is 2. The maximum Gasteiger partial charge on any atom is 0.430 e. The first-order valence-electron chi connectivity index (χ1n) is 7.37. The second kappa shape index (κ2) is 12.6. The molecule has 0 saturated carbocycles. The Morgan fingerprint density at radius 1 is 0.846 bits per heavy atom. The van der Waals surface area contributed by atoms with Gasteiger partial charge >= 0.3 is 6.18 Å². The summed E-state index contributed by atoms with van der Waals surface area (Å²) < 4.78 is 33.5. The molecular formula is C17H29F3N2O3S. The molecule has 0 saturated heterocycles. The highest BCUT2D eigenvalue weighted by atomic mass is 32.1. The first kappa shape index (κ1) is 29.1. The summed E-state index contributed by atoms with van der Waals surface area (Å²) in [7, 11) is 17.0. The van der Waals surface area contributed by atoms with Gasteiger partial charge in [0.1, 0.15) is 5.97 Å². The van der Waals surface area contributed by atoms with Crippen molar-refractivity contribution in [3.63, 3.8) is 0 Å². The molecular weight excluding hydrogens is 369 g/mol. The predicted octanol–water partition coefficient (Wildman–Crippen LogP) is 1.32. The van der Waals surface area contributed by atoms with Crippen molar-refractivity contribution in [3.05, 3.63) is 35.9 Å². The number of hydrogen-bond donors (Lipinski definition) is 0. The van der Waals surface area contributed by atoms with Crippen LogP contribution in [0, 0.1) is 0 Å². The zero-order valence-corrected chi connectivity index (χ0v) is 17.4. The van der Waals surface area contributed by atoms with Crippen LogP contribution in [-0.4, -0.2) is 82.6 Å². The maximum absolute atomic E-state index is 10.5. The van der Waals surface area contributed by atoms with Crippen molar-refractivity contribution in [2.45, 2.75) is 6.18 Å². The molecule has 9 heteroatoms. The molecule has 0 aliphatic rings. The first-order chi connectivity index (χ1) is 11.2. The van der Waals surface area contributed by atoms with E-state index in [4.69, 9.17) is 9.90 Å². The van der Waals surface area contributed by atoms with Gasteiger partial charge in [-0.25, -0.2) is 0 Å². The molecule has 0 spiro atoms. The standard InChI is InChI=1S/C7H6OS.2C4H12N.C2HF3O2/c8-7(9)6-4-2-1-3-5-6;2*1-5(2,3)4;3-2(4,5)1(6)7/h1-5H,(H,8,9);2*1-4H3;(H,6,7)/q;2*+1;/p-2. The van der Waals surface area contributed by atoms with Gasteiger partial charge in [0.05, 0.1) is 56.4 Å². The highest BCUT2D eigenvalue weighted by molar-refractivity contribution is 7.77. The minimum absolute atomic E-state index is 0.296. The minimum Gasteiger partial charge on any atom is -0.737 e. The van der Waals surface area contributed by atoms with Gasteiger partial charge in [0.2, 0.25) is 0 Å². The van der Waals surface area contributed by atoms with Crippen molar-refractivity contribution < 1.29 is 36.8 Å². The molecule has 0 aliphatic carbocycles. The predicted molar refractivity (Wildman–Crippen MR) is 97.1 cm³/mol. The van der Waals surface area contributed by atoms with Crippen LogP contribution >= 0.6 is 0 Å². The van der Waals surface area contributed by atoms with Crippen LogP contribution in [-0.2, 0) is 17.4 Å². The molecule has 26 heavy (non-hydrogen) atoms. The van der Waals surface area contributed by atoms with Gasteiger partial charge in [-0.3, -0.25) is 0 Å². The third kappa shape index (κ3) is 38.1. The zero-order chi connectivity index (χ0) is 21.8. The zero-order valence-electron chi connectivity index (χ0n) is 16.5. The van der Waals surface area contributed by atoms with Crippen LogP contribution in [0.2, 0.25) is 0 Å². The summed E-state index contributed by atoms with van der Waals surface area (Å²) in [5.41, 5.74) is 0.590. The lowest BCUT2D eigenvalue weighted by molar-refractivity contribution is -0.849. The molecule has 0 fully saturated rings. The monoisotopic (exact) mass is 398 g/mol. The largest absolute Gasteiger partial charge is 0.737 e. The molecule has 0 radical (unpaired) electrons. The number of aliphatic carboxylic acids is 1. The Balaban J connectivity index is -0.000000282. The second-order valence-electron chi connectivity index (χ2n) is 7.81. The van der Waals surface area contributed by atoms with Gasteiger partial charge in [-0.05, 0) is 5.56 Å². The molecule has 0 aliphatic heterocycles. The van der Waals surface area contributed by atoms with Crippen molar-refractivity contribution in [1.82, 2.24) is 0 Å². The van der Waals surface area contributed by atoms with Crippen molar-refractivity contribution in [3.8, 4) is 0 Å². The number of carboxylic acid groups (broad SMARTS) is 1. The molecule has 0 bridgehead atoms. The summed E-state index contributed by atoms with van der Waals surface area (Å²) in [4.78, 5) is 19.2. The van der Waals surface area contributed by atoms with Gasteiger partial charge in [-0.15, -0.1) is 0 Å². The number of rotatable bonds is 1. The third-order valence-electron chi connectivity index (χ3n) is 1.24. The number of carboxylic acids is 1. The smallest absolute Gasteiger partial charge is 0.430 e. The normalized spacial score (nSPS) is 10.7. The van der Waals surface area contributed by atoms with Crippen LogP contribution in [0.1, 0.15) is 10.4 Å². The van der Waals surface area contributed by atoms with E-state index < -0.39 is 12.1 Å². The van der Waals surface area contributed by atoms with Gasteiger partial charge in [0, 0.05) is 5.12 Å². The van der Waals surface area contributed by atoms with Crippen molar-refractivity contribution in [2.75, 3.05) is 56.4 Å². The summed E-state index contributed by atoms with van der Waals surface area (Å²) in [6, 6.07) is 8.84. The van der Waals surface area contributed by atoms with Crippen LogP contribution in [0.15, 0.2) is 30.3 Å². The van der Waals surface area contributed by atoms with Crippen LogP contribution in [0.3, 0.4) is 0 Å². The number of carbonyl (C=O) groups is 2. The molecule has 0 atom stereocenters. The number of alkyl halides is 3. The molecule has 1 rings (SSSR count). The molecule has 5 nitrogen and oxygen atoms in total. The lowest BCUT2D eigenvalue weighted by Gasteiger charge is -2.14. The van der Waals surface area contributed by atoms with Crippen molar-refractivity contribution >= 4 is 23.7 Å². The average Bonchev–Trinajstić information content (AvgIpc) is 2.35. The van der Waals surface area contributed by atoms with Gasteiger partial charge in [0.25, 0.3) is 0 Å². The van der Waals surface area contributed by atoms with Gasteiger partial charge < -0.3 is 36.3 Å². The molecule has 0 heterocycles. The Labute approximate surface area is 159 Å². The Morgan fingerprint density at radius 2 is 1.08 bits per heavy atom. The van der Waals surface area contributed by atoms with E-state index in [1.54, 1.807) is 24.3 Å². The number of halogens is 3. The summed E-state index contributed by atoms with van der Waals surface area (Å²) in [6.07, 6.45) is -5.19.